The molecule has 2 fully saturated rings. The fourth-order valence-corrected chi connectivity index (χ4v) is 5.82. The van der Waals surface area contributed by atoms with Crippen LogP contribution in [0.15, 0.2) is 29.2 Å². The van der Waals surface area contributed by atoms with E-state index in [1.54, 1.807) is 28.6 Å². The number of carbonyl (C=O) groups is 1. The van der Waals surface area contributed by atoms with Crippen molar-refractivity contribution < 1.29 is 18.1 Å². The molecule has 7 heteroatoms. The molecule has 1 aromatic carbocycles. The third kappa shape index (κ3) is 4.64. The van der Waals surface area contributed by atoms with Crippen LogP contribution in [0.3, 0.4) is 0 Å². The van der Waals surface area contributed by atoms with Gasteiger partial charge in [-0.05, 0) is 42.5 Å². The lowest BCUT2D eigenvalue weighted by Gasteiger charge is -2.34. The second-order valence-corrected chi connectivity index (χ2v) is 9.91. The maximum absolute atomic E-state index is 12.9. The Balaban J connectivity index is 1.63. The number of carbonyl (C=O) groups excluding carboxylic acids is 1. The summed E-state index contributed by atoms with van der Waals surface area (Å²) in [6, 6.07) is 6.55. The van der Waals surface area contributed by atoms with E-state index in [1.807, 2.05) is 0 Å². The SMILES string of the molecule is C[C@@H]1C[C@@H](C)CN(S(=O)(=O)c2ccc(NC(=O)C[NH+]3CCCC3)cc2)C1. The first-order valence-electron chi connectivity index (χ1n) is 9.58. The van der Waals surface area contributed by atoms with Gasteiger partial charge in [-0.25, -0.2) is 8.42 Å². The van der Waals surface area contributed by atoms with Crippen LogP contribution < -0.4 is 10.2 Å². The van der Waals surface area contributed by atoms with Crippen LogP contribution in [0.4, 0.5) is 5.69 Å². The van der Waals surface area contributed by atoms with E-state index >= 15 is 0 Å². The Labute approximate surface area is 156 Å². The lowest BCUT2D eigenvalue weighted by Crippen LogP contribution is -3.11. The quantitative estimate of drug-likeness (QED) is 0.800. The van der Waals surface area contributed by atoms with Crippen molar-refractivity contribution in [2.75, 3.05) is 38.0 Å². The number of quaternary nitrogens is 1. The first-order chi connectivity index (χ1) is 12.3. The summed E-state index contributed by atoms with van der Waals surface area (Å²) in [7, 11) is -3.48. The first-order valence-corrected chi connectivity index (χ1v) is 11.0. The predicted octanol–water partition coefficient (Wildman–Crippen LogP) is 0.970. The molecule has 0 spiro atoms. The van der Waals surface area contributed by atoms with Gasteiger partial charge in [-0.2, -0.15) is 4.31 Å². The Bertz CT molecular complexity index is 717. The molecule has 0 aliphatic carbocycles. The number of likely N-dealkylation sites (tertiary alicyclic amines) is 1. The minimum absolute atomic E-state index is 0.0174. The van der Waals surface area contributed by atoms with Gasteiger partial charge >= 0.3 is 0 Å². The molecule has 0 saturated carbocycles. The van der Waals surface area contributed by atoms with Crippen molar-refractivity contribution >= 4 is 21.6 Å². The van der Waals surface area contributed by atoms with Gasteiger partial charge in [-0.1, -0.05) is 13.8 Å². The third-order valence-corrected chi connectivity index (χ3v) is 7.18. The minimum Gasteiger partial charge on any atom is -0.327 e. The second kappa shape index (κ2) is 8.06. The Hall–Kier alpha value is -1.44. The van der Waals surface area contributed by atoms with Gasteiger partial charge in [0.2, 0.25) is 10.0 Å². The highest BCUT2D eigenvalue weighted by Gasteiger charge is 2.31. The summed E-state index contributed by atoms with van der Waals surface area (Å²) in [5.41, 5.74) is 0.646. The summed E-state index contributed by atoms with van der Waals surface area (Å²) in [5, 5.41) is 2.87. The molecule has 3 rings (SSSR count). The van der Waals surface area contributed by atoms with Gasteiger partial charge in [0.05, 0.1) is 18.0 Å². The normalized spacial score (nSPS) is 25.3. The van der Waals surface area contributed by atoms with E-state index in [0.717, 1.165) is 19.5 Å². The zero-order valence-corrected chi connectivity index (χ0v) is 16.5. The van der Waals surface area contributed by atoms with Crippen LogP contribution in [0, 0.1) is 11.8 Å². The molecule has 144 valence electrons. The second-order valence-electron chi connectivity index (χ2n) is 7.97. The number of sulfonamides is 1. The summed E-state index contributed by atoms with van der Waals surface area (Å²) >= 11 is 0. The van der Waals surface area contributed by atoms with Crippen molar-refractivity contribution in [3.05, 3.63) is 24.3 Å². The Morgan fingerprint density at radius 1 is 1.12 bits per heavy atom. The Morgan fingerprint density at radius 2 is 1.69 bits per heavy atom. The molecule has 2 atom stereocenters. The van der Waals surface area contributed by atoms with Crippen LogP contribution in [-0.2, 0) is 14.8 Å². The topological polar surface area (TPSA) is 70.9 Å². The van der Waals surface area contributed by atoms with E-state index in [0.29, 0.717) is 42.1 Å². The molecular weight excluding hydrogens is 350 g/mol. The molecule has 0 unspecified atom stereocenters. The van der Waals surface area contributed by atoms with Crippen LogP contribution in [0.5, 0.6) is 0 Å². The zero-order valence-electron chi connectivity index (χ0n) is 15.7. The average molecular weight is 381 g/mol. The van der Waals surface area contributed by atoms with Crippen LogP contribution >= 0.6 is 0 Å². The van der Waals surface area contributed by atoms with Gasteiger partial charge in [-0.15, -0.1) is 0 Å². The molecule has 26 heavy (non-hydrogen) atoms. The number of nitrogens with one attached hydrogen (secondary N) is 2. The number of nitrogens with zero attached hydrogens (tertiary/aromatic N) is 1. The number of anilines is 1. The molecule has 0 bridgehead atoms. The smallest absolute Gasteiger partial charge is 0.279 e. The van der Waals surface area contributed by atoms with Crippen LogP contribution in [0.25, 0.3) is 0 Å². The molecule has 1 amide bonds. The van der Waals surface area contributed by atoms with Gasteiger partial charge in [0, 0.05) is 31.6 Å². The molecule has 2 N–H and O–H groups in total. The number of amides is 1. The monoisotopic (exact) mass is 380 g/mol. The van der Waals surface area contributed by atoms with Crippen molar-refractivity contribution in [3.63, 3.8) is 0 Å². The first kappa shape index (κ1) is 19.3. The Kier molecular flexibility index (Phi) is 5.99. The van der Waals surface area contributed by atoms with Crippen LogP contribution in [-0.4, -0.2) is 51.4 Å². The summed E-state index contributed by atoms with van der Waals surface area (Å²) in [5.74, 6) is 0.733. The van der Waals surface area contributed by atoms with Crippen molar-refractivity contribution in [2.45, 2.75) is 38.0 Å². The summed E-state index contributed by atoms with van der Waals surface area (Å²) in [4.78, 5) is 13.7. The molecule has 6 nitrogen and oxygen atoms in total. The predicted molar refractivity (Wildman–Crippen MR) is 102 cm³/mol. The van der Waals surface area contributed by atoms with Gasteiger partial charge in [0.15, 0.2) is 6.54 Å². The highest BCUT2D eigenvalue weighted by atomic mass is 32.2. The van der Waals surface area contributed by atoms with Gasteiger partial charge in [0.25, 0.3) is 5.91 Å². The van der Waals surface area contributed by atoms with Crippen LogP contribution in [0.2, 0.25) is 0 Å². The maximum atomic E-state index is 12.9. The molecule has 1 aromatic rings. The van der Waals surface area contributed by atoms with Gasteiger partial charge in [0.1, 0.15) is 0 Å². The third-order valence-electron chi connectivity index (χ3n) is 5.33. The summed E-state index contributed by atoms with van der Waals surface area (Å²) < 4.78 is 27.3. The molecule has 2 saturated heterocycles. The van der Waals surface area contributed by atoms with E-state index in [9.17, 15) is 13.2 Å². The molecule has 2 aliphatic rings. The highest BCUT2D eigenvalue weighted by molar-refractivity contribution is 7.89. The summed E-state index contributed by atoms with van der Waals surface area (Å²) in [6.45, 7) is 7.92. The molecule has 0 radical (unpaired) electrons. The maximum Gasteiger partial charge on any atom is 0.279 e. The number of hydrogen-bond donors (Lipinski definition) is 2. The van der Waals surface area contributed by atoms with Crippen molar-refractivity contribution in [2.24, 2.45) is 11.8 Å². The van der Waals surface area contributed by atoms with E-state index in [2.05, 4.69) is 19.2 Å². The lowest BCUT2D eigenvalue weighted by atomic mass is 9.94. The van der Waals surface area contributed by atoms with Crippen molar-refractivity contribution in [1.29, 1.82) is 0 Å². The van der Waals surface area contributed by atoms with Gasteiger partial charge in [-0.3, -0.25) is 4.79 Å². The number of benzene rings is 1. The number of piperidine rings is 1. The summed E-state index contributed by atoms with van der Waals surface area (Å²) in [6.07, 6.45) is 3.43. The van der Waals surface area contributed by atoms with Crippen molar-refractivity contribution in [3.8, 4) is 0 Å². The number of hydrogen-bond acceptors (Lipinski definition) is 3. The van der Waals surface area contributed by atoms with E-state index in [4.69, 9.17) is 0 Å². The van der Waals surface area contributed by atoms with E-state index < -0.39 is 10.0 Å². The lowest BCUT2D eigenvalue weighted by molar-refractivity contribution is -0.878. The zero-order chi connectivity index (χ0) is 18.7. The minimum atomic E-state index is -3.48. The fourth-order valence-electron chi connectivity index (χ4n) is 4.15. The molecule has 2 heterocycles. The Morgan fingerprint density at radius 3 is 2.27 bits per heavy atom. The fraction of sp³-hybridized carbons (Fsp3) is 0.632. The van der Waals surface area contributed by atoms with E-state index in [1.165, 1.54) is 17.7 Å². The van der Waals surface area contributed by atoms with Crippen molar-refractivity contribution in [1.82, 2.24) is 4.31 Å². The molecule has 0 aromatic heterocycles. The van der Waals surface area contributed by atoms with E-state index in [-0.39, 0.29) is 5.91 Å². The highest BCUT2D eigenvalue weighted by Crippen LogP contribution is 2.27. The number of rotatable bonds is 5. The van der Waals surface area contributed by atoms with Crippen LogP contribution in [0.1, 0.15) is 33.1 Å². The molecule has 2 aliphatic heterocycles. The molecular formula is C19H30N3O3S+. The standard InChI is InChI=1S/C19H29N3O3S/c1-15-11-16(2)13-22(12-15)26(24,25)18-7-5-17(6-8-18)20-19(23)14-21-9-3-4-10-21/h5-8,15-16H,3-4,9-14H2,1-2H3,(H,20,23)/p+1/t15-,16-/m1/s1. The van der Waals surface area contributed by atoms with Gasteiger partial charge < -0.3 is 10.2 Å². The average Bonchev–Trinajstić information content (AvgIpc) is 3.07. The largest absolute Gasteiger partial charge is 0.327 e.